The number of halogens is 3. The van der Waals surface area contributed by atoms with E-state index in [4.69, 9.17) is 4.74 Å². The molecule has 0 atom stereocenters. The van der Waals surface area contributed by atoms with Crippen LogP contribution in [0.15, 0.2) is 71.5 Å². The summed E-state index contributed by atoms with van der Waals surface area (Å²) in [6.07, 6.45) is -3.34. The van der Waals surface area contributed by atoms with Gasteiger partial charge in [0.1, 0.15) is 17.2 Å². The minimum atomic E-state index is -4.74. The van der Waals surface area contributed by atoms with E-state index in [1.54, 1.807) is 0 Å². The van der Waals surface area contributed by atoms with E-state index in [0.717, 1.165) is 34.3 Å². The van der Waals surface area contributed by atoms with E-state index in [0.29, 0.717) is 23.3 Å². The molecule has 31 heavy (non-hydrogen) atoms. The molecular weight excluding hydrogens is 407 g/mol. The molecule has 0 radical (unpaired) electrons. The van der Waals surface area contributed by atoms with Crippen LogP contribution in [-0.2, 0) is 12.8 Å². The van der Waals surface area contributed by atoms with Crippen molar-refractivity contribution in [1.29, 1.82) is 0 Å². The average Bonchev–Trinajstić information content (AvgIpc) is 2.74. The summed E-state index contributed by atoms with van der Waals surface area (Å²) in [5.41, 5.74) is 4.31. The van der Waals surface area contributed by atoms with Crippen molar-refractivity contribution < 1.29 is 22.6 Å². The molecule has 0 unspecified atom stereocenters. The van der Waals surface area contributed by atoms with Gasteiger partial charge in [-0.05, 0) is 66.9 Å². The van der Waals surface area contributed by atoms with E-state index in [-0.39, 0.29) is 11.2 Å². The predicted molar refractivity (Wildman–Crippen MR) is 111 cm³/mol. The molecule has 1 heterocycles. The van der Waals surface area contributed by atoms with Gasteiger partial charge < -0.3 is 14.5 Å². The first-order chi connectivity index (χ1) is 14.9. The fourth-order valence-corrected chi connectivity index (χ4v) is 3.92. The maximum Gasteiger partial charge on any atom is 0.573 e. The number of fused-ring (bicyclic) bond motifs is 4. The highest BCUT2D eigenvalue weighted by atomic mass is 19.4. The van der Waals surface area contributed by atoms with Gasteiger partial charge in [0.15, 0.2) is 5.43 Å². The molecule has 0 amide bonds. The van der Waals surface area contributed by atoms with Crippen LogP contribution >= 0.6 is 0 Å². The Morgan fingerprint density at radius 1 is 0.839 bits per heavy atom. The van der Waals surface area contributed by atoms with Gasteiger partial charge in [-0.15, -0.1) is 13.2 Å². The molecule has 0 spiro atoms. The van der Waals surface area contributed by atoms with Crippen LogP contribution in [0.3, 0.4) is 0 Å². The monoisotopic (exact) mass is 423 g/mol. The van der Waals surface area contributed by atoms with Crippen LogP contribution in [-0.4, -0.2) is 11.3 Å². The van der Waals surface area contributed by atoms with Crippen molar-refractivity contribution in [3.63, 3.8) is 0 Å². The largest absolute Gasteiger partial charge is 0.573 e. The lowest BCUT2D eigenvalue weighted by Gasteiger charge is -2.21. The van der Waals surface area contributed by atoms with Crippen molar-refractivity contribution in [2.45, 2.75) is 19.2 Å². The molecule has 156 valence electrons. The molecule has 1 N–H and O–H groups in total. The number of nitrogens with one attached hydrogen (secondary N) is 1. The second kappa shape index (κ2) is 7.19. The van der Waals surface area contributed by atoms with Gasteiger partial charge in [0.25, 0.3) is 0 Å². The van der Waals surface area contributed by atoms with Gasteiger partial charge in [0, 0.05) is 22.0 Å². The third-order valence-electron chi connectivity index (χ3n) is 5.30. The van der Waals surface area contributed by atoms with Crippen molar-refractivity contribution in [2.75, 3.05) is 0 Å². The van der Waals surface area contributed by atoms with Crippen molar-refractivity contribution in [3.05, 3.63) is 88.1 Å². The summed E-state index contributed by atoms with van der Waals surface area (Å²) in [4.78, 5) is 16.3. The fraction of sp³-hybridized carbons (Fsp3) is 0.125. The fourth-order valence-electron chi connectivity index (χ4n) is 3.92. The maximum atomic E-state index is 12.9. The third kappa shape index (κ3) is 3.74. The zero-order valence-electron chi connectivity index (χ0n) is 16.1. The SMILES string of the molecule is O=c1c2c([nH]c3ccccc13)-c1cc(Oc3ccc(OC(F)(F)F)cc3)ccc1CC2. The molecule has 3 aromatic carbocycles. The maximum absolute atomic E-state index is 12.9. The molecule has 1 aliphatic carbocycles. The first kappa shape index (κ1) is 19.2. The number of benzene rings is 3. The summed E-state index contributed by atoms with van der Waals surface area (Å²) in [6.45, 7) is 0. The number of ether oxygens (including phenoxy) is 2. The number of aromatic nitrogens is 1. The quantitative estimate of drug-likeness (QED) is 0.441. The minimum absolute atomic E-state index is 0.0292. The molecule has 1 aromatic heterocycles. The molecule has 5 rings (SSSR count). The lowest BCUT2D eigenvalue weighted by molar-refractivity contribution is -0.274. The summed E-state index contributed by atoms with van der Waals surface area (Å²) in [6, 6.07) is 18.2. The van der Waals surface area contributed by atoms with Crippen LogP contribution in [0.25, 0.3) is 22.2 Å². The van der Waals surface area contributed by atoms with E-state index in [2.05, 4.69) is 9.72 Å². The van der Waals surface area contributed by atoms with E-state index < -0.39 is 6.36 Å². The molecule has 0 aliphatic heterocycles. The zero-order chi connectivity index (χ0) is 21.6. The molecule has 0 fully saturated rings. The molecule has 7 heteroatoms. The van der Waals surface area contributed by atoms with E-state index in [9.17, 15) is 18.0 Å². The standard InChI is InChI=1S/C24H16F3NO3/c25-24(26,27)31-16-10-8-15(9-11-16)30-17-7-5-14-6-12-19-22(20(14)13-17)28-21-4-2-1-3-18(21)23(19)29/h1-5,7-11,13H,6,12H2,(H,28,29). The minimum Gasteiger partial charge on any atom is -0.457 e. The predicted octanol–water partition coefficient (Wildman–Crippen LogP) is 5.98. The van der Waals surface area contributed by atoms with E-state index in [1.807, 2.05) is 42.5 Å². The van der Waals surface area contributed by atoms with Gasteiger partial charge in [-0.3, -0.25) is 4.79 Å². The number of aryl methyl sites for hydroxylation is 1. The van der Waals surface area contributed by atoms with Gasteiger partial charge in [0.2, 0.25) is 0 Å². The third-order valence-corrected chi connectivity index (χ3v) is 5.30. The Morgan fingerprint density at radius 2 is 1.55 bits per heavy atom. The molecule has 1 aliphatic rings. The molecule has 0 saturated carbocycles. The van der Waals surface area contributed by atoms with E-state index in [1.165, 1.54) is 24.3 Å². The Hall–Kier alpha value is -3.74. The number of aromatic amines is 1. The number of pyridine rings is 1. The summed E-state index contributed by atoms with van der Waals surface area (Å²) in [5, 5.41) is 0.665. The first-order valence-electron chi connectivity index (χ1n) is 9.68. The van der Waals surface area contributed by atoms with Crippen LogP contribution in [0.4, 0.5) is 13.2 Å². The Labute approximate surface area is 174 Å². The van der Waals surface area contributed by atoms with Gasteiger partial charge >= 0.3 is 6.36 Å². The average molecular weight is 423 g/mol. The van der Waals surface area contributed by atoms with Gasteiger partial charge in [0.05, 0.1) is 5.69 Å². The molecular formula is C24H16F3NO3. The van der Waals surface area contributed by atoms with Gasteiger partial charge in [-0.25, -0.2) is 0 Å². The lowest BCUT2D eigenvalue weighted by atomic mass is 9.88. The topological polar surface area (TPSA) is 51.3 Å². The van der Waals surface area contributed by atoms with Crippen LogP contribution in [0.2, 0.25) is 0 Å². The van der Waals surface area contributed by atoms with Crippen molar-refractivity contribution >= 4 is 10.9 Å². The zero-order valence-corrected chi connectivity index (χ0v) is 16.1. The van der Waals surface area contributed by atoms with Crippen LogP contribution in [0.5, 0.6) is 17.2 Å². The van der Waals surface area contributed by atoms with Crippen molar-refractivity contribution in [1.82, 2.24) is 4.98 Å². The lowest BCUT2D eigenvalue weighted by Crippen LogP contribution is -2.17. The first-order valence-corrected chi connectivity index (χ1v) is 9.68. The van der Waals surface area contributed by atoms with Gasteiger partial charge in [-0.2, -0.15) is 0 Å². The number of rotatable bonds is 3. The van der Waals surface area contributed by atoms with Crippen LogP contribution in [0, 0.1) is 0 Å². The highest BCUT2D eigenvalue weighted by molar-refractivity contribution is 5.84. The van der Waals surface area contributed by atoms with Crippen molar-refractivity contribution in [2.24, 2.45) is 0 Å². The molecule has 0 bridgehead atoms. The number of H-pyrrole nitrogens is 1. The number of alkyl halides is 3. The highest BCUT2D eigenvalue weighted by Crippen LogP contribution is 2.36. The molecule has 4 nitrogen and oxygen atoms in total. The van der Waals surface area contributed by atoms with E-state index >= 15 is 0 Å². The Bertz CT molecular complexity index is 1340. The number of hydrogen-bond acceptors (Lipinski definition) is 3. The number of para-hydroxylation sites is 1. The smallest absolute Gasteiger partial charge is 0.457 e. The Morgan fingerprint density at radius 3 is 2.32 bits per heavy atom. The normalized spacial score (nSPS) is 12.9. The van der Waals surface area contributed by atoms with Crippen LogP contribution in [0.1, 0.15) is 11.1 Å². The second-order valence-corrected chi connectivity index (χ2v) is 7.29. The summed E-state index contributed by atoms with van der Waals surface area (Å²) in [5.74, 6) is 0.575. The molecule has 0 saturated heterocycles. The van der Waals surface area contributed by atoms with Crippen LogP contribution < -0.4 is 14.9 Å². The molecule has 4 aromatic rings. The summed E-state index contributed by atoms with van der Waals surface area (Å²) in [7, 11) is 0. The highest BCUT2D eigenvalue weighted by Gasteiger charge is 2.31. The Balaban J connectivity index is 1.49. The number of hydrogen-bond donors (Lipinski definition) is 1. The van der Waals surface area contributed by atoms with Gasteiger partial charge in [-0.1, -0.05) is 18.2 Å². The summed E-state index contributed by atoms with van der Waals surface area (Å²) >= 11 is 0. The van der Waals surface area contributed by atoms with Crippen molar-refractivity contribution in [3.8, 4) is 28.5 Å². The Kier molecular flexibility index (Phi) is 4.46. The second-order valence-electron chi connectivity index (χ2n) is 7.29. The summed E-state index contributed by atoms with van der Waals surface area (Å²) < 4.78 is 46.7.